The number of nitrogens with one attached hydrogen (secondary N) is 1. The quantitative estimate of drug-likeness (QED) is 0.213. The Morgan fingerprint density at radius 1 is 1.12 bits per heavy atom. The zero-order valence-corrected chi connectivity index (χ0v) is 19.9. The van der Waals surface area contributed by atoms with Gasteiger partial charge in [-0.2, -0.15) is 5.26 Å². The van der Waals surface area contributed by atoms with Gasteiger partial charge in [0, 0.05) is 39.2 Å². The van der Waals surface area contributed by atoms with Gasteiger partial charge in [-0.3, -0.25) is 10.1 Å². The first kappa shape index (κ1) is 23.1. The molecule has 0 aliphatic rings. The summed E-state index contributed by atoms with van der Waals surface area (Å²) in [6.07, 6.45) is 3.68. The molecule has 33 heavy (non-hydrogen) atoms. The summed E-state index contributed by atoms with van der Waals surface area (Å²) in [7, 11) is 0. The third-order valence-electron chi connectivity index (χ3n) is 4.51. The van der Waals surface area contributed by atoms with Crippen LogP contribution in [-0.4, -0.2) is 10.9 Å². The monoisotopic (exact) mass is 513 g/mol. The van der Waals surface area contributed by atoms with Crippen LogP contribution in [0.2, 0.25) is 15.1 Å². The first-order valence-electron chi connectivity index (χ1n) is 9.59. The lowest BCUT2D eigenvalue weighted by Crippen LogP contribution is -2.13. The molecule has 0 aliphatic carbocycles. The molecule has 2 heterocycles. The largest absolute Gasteiger partial charge is 0.457 e. The molecule has 0 saturated heterocycles. The zero-order valence-electron chi connectivity index (χ0n) is 16.8. The van der Waals surface area contributed by atoms with E-state index >= 15 is 0 Å². The number of thiazole rings is 1. The minimum Gasteiger partial charge on any atom is -0.457 e. The highest BCUT2D eigenvalue weighted by Gasteiger charge is 2.14. The Morgan fingerprint density at radius 2 is 1.94 bits per heavy atom. The molecule has 0 aliphatic heterocycles. The fraction of sp³-hybridized carbons (Fsp3) is 0.0417. The van der Waals surface area contributed by atoms with Crippen LogP contribution in [0.15, 0.2) is 70.8 Å². The van der Waals surface area contributed by atoms with Crippen molar-refractivity contribution in [1.82, 2.24) is 4.98 Å². The SMILES string of the molecule is N#C/C(=C\c1ccc(-c2cc(Cl)ccc2Cl)o1)C(=O)Nc1ncc(Cc2cccc(Cl)c2)s1. The smallest absolute Gasteiger partial charge is 0.268 e. The minimum absolute atomic E-state index is 0.125. The first-order valence-corrected chi connectivity index (χ1v) is 11.5. The number of nitrogens with zero attached hydrogens (tertiary/aromatic N) is 2. The Balaban J connectivity index is 1.47. The van der Waals surface area contributed by atoms with Crippen molar-refractivity contribution in [3.8, 4) is 17.4 Å². The molecular weight excluding hydrogens is 501 g/mol. The van der Waals surface area contributed by atoms with Crippen molar-refractivity contribution in [2.24, 2.45) is 0 Å². The van der Waals surface area contributed by atoms with Crippen LogP contribution in [0.25, 0.3) is 17.4 Å². The molecule has 0 fully saturated rings. The van der Waals surface area contributed by atoms with Gasteiger partial charge in [-0.05, 0) is 48.0 Å². The van der Waals surface area contributed by atoms with E-state index < -0.39 is 5.91 Å². The second kappa shape index (κ2) is 10.2. The summed E-state index contributed by atoms with van der Waals surface area (Å²) >= 11 is 19.6. The minimum atomic E-state index is -0.583. The lowest BCUT2D eigenvalue weighted by Gasteiger charge is -2.01. The number of hydrogen-bond acceptors (Lipinski definition) is 5. The topological polar surface area (TPSA) is 78.9 Å². The van der Waals surface area contributed by atoms with Crippen molar-refractivity contribution in [3.05, 3.63) is 97.6 Å². The van der Waals surface area contributed by atoms with Gasteiger partial charge >= 0.3 is 0 Å². The van der Waals surface area contributed by atoms with E-state index in [1.54, 1.807) is 36.5 Å². The Bertz CT molecular complexity index is 1400. The molecule has 2 aromatic heterocycles. The number of rotatable bonds is 6. The van der Waals surface area contributed by atoms with E-state index in [2.05, 4.69) is 10.3 Å². The van der Waals surface area contributed by atoms with Gasteiger partial charge in [0.1, 0.15) is 23.2 Å². The van der Waals surface area contributed by atoms with E-state index in [-0.39, 0.29) is 5.57 Å². The number of amides is 1. The predicted octanol–water partition coefficient (Wildman–Crippen LogP) is 7.50. The average molecular weight is 515 g/mol. The van der Waals surface area contributed by atoms with Gasteiger partial charge in [-0.25, -0.2) is 4.98 Å². The number of furan rings is 1. The summed E-state index contributed by atoms with van der Waals surface area (Å²) in [6, 6.07) is 17.8. The van der Waals surface area contributed by atoms with Gasteiger partial charge in [0.25, 0.3) is 5.91 Å². The maximum absolute atomic E-state index is 12.6. The zero-order chi connectivity index (χ0) is 23.4. The Labute approximate surface area is 208 Å². The molecule has 1 amide bonds. The lowest BCUT2D eigenvalue weighted by atomic mass is 10.1. The van der Waals surface area contributed by atoms with Crippen LogP contribution >= 0.6 is 46.1 Å². The molecule has 0 unspecified atom stereocenters. The van der Waals surface area contributed by atoms with E-state index in [0.717, 1.165) is 10.4 Å². The average Bonchev–Trinajstić information content (AvgIpc) is 3.43. The number of anilines is 1. The van der Waals surface area contributed by atoms with Gasteiger partial charge in [-0.15, -0.1) is 11.3 Å². The molecule has 0 atom stereocenters. The van der Waals surface area contributed by atoms with E-state index in [1.165, 1.54) is 17.4 Å². The van der Waals surface area contributed by atoms with Gasteiger partial charge in [0.2, 0.25) is 0 Å². The summed E-state index contributed by atoms with van der Waals surface area (Å²) in [5.74, 6) is 0.213. The first-order chi connectivity index (χ1) is 15.9. The fourth-order valence-corrected chi connectivity index (χ4v) is 4.45. The molecule has 0 bridgehead atoms. The highest BCUT2D eigenvalue weighted by atomic mass is 35.5. The standard InChI is InChI=1S/C24H14Cl3N3O2S/c25-16-3-1-2-14(8-16)9-19-13-29-24(33-19)30-23(31)15(12-28)10-18-5-7-22(32-18)20-11-17(26)4-6-21(20)27/h1-8,10-11,13H,9H2,(H,29,30,31)/b15-10+. The number of hydrogen-bond donors (Lipinski definition) is 1. The van der Waals surface area contributed by atoms with Crippen molar-refractivity contribution in [3.63, 3.8) is 0 Å². The highest BCUT2D eigenvalue weighted by molar-refractivity contribution is 7.15. The summed E-state index contributed by atoms with van der Waals surface area (Å²) in [6.45, 7) is 0. The van der Waals surface area contributed by atoms with Crippen LogP contribution in [0.3, 0.4) is 0 Å². The molecule has 1 N–H and O–H groups in total. The molecule has 4 aromatic rings. The van der Waals surface area contributed by atoms with Crippen LogP contribution in [-0.2, 0) is 11.2 Å². The molecule has 4 rings (SSSR count). The second-order valence-electron chi connectivity index (χ2n) is 6.89. The number of halogens is 3. The summed E-state index contributed by atoms with van der Waals surface area (Å²) in [5.41, 5.74) is 1.52. The van der Waals surface area contributed by atoms with Gasteiger partial charge in [0.05, 0.1) is 5.02 Å². The van der Waals surface area contributed by atoms with Crippen molar-refractivity contribution in [2.75, 3.05) is 5.32 Å². The third kappa shape index (κ3) is 5.84. The van der Waals surface area contributed by atoms with Gasteiger partial charge in [0.15, 0.2) is 5.13 Å². The number of carbonyl (C=O) groups is 1. The van der Waals surface area contributed by atoms with E-state index in [4.69, 9.17) is 39.2 Å². The molecular formula is C24H14Cl3N3O2S. The Morgan fingerprint density at radius 3 is 2.73 bits per heavy atom. The van der Waals surface area contributed by atoms with Crippen LogP contribution < -0.4 is 5.32 Å². The number of carbonyl (C=O) groups excluding carboxylic acids is 1. The summed E-state index contributed by atoms with van der Waals surface area (Å²) in [4.78, 5) is 17.8. The van der Waals surface area contributed by atoms with Crippen molar-refractivity contribution in [2.45, 2.75) is 6.42 Å². The Hall–Kier alpha value is -3.08. The number of benzene rings is 2. The van der Waals surface area contributed by atoms with Crippen LogP contribution in [0.5, 0.6) is 0 Å². The van der Waals surface area contributed by atoms with E-state index in [9.17, 15) is 10.1 Å². The van der Waals surface area contributed by atoms with E-state index in [0.29, 0.717) is 43.7 Å². The molecule has 0 radical (unpaired) electrons. The molecule has 2 aromatic carbocycles. The molecule has 9 heteroatoms. The van der Waals surface area contributed by atoms with Crippen LogP contribution in [0.4, 0.5) is 5.13 Å². The highest BCUT2D eigenvalue weighted by Crippen LogP contribution is 2.32. The predicted molar refractivity (Wildman–Crippen MR) is 133 cm³/mol. The second-order valence-corrected chi connectivity index (χ2v) is 9.28. The Kier molecular flexibility index (Phi) is 7.17. The van der Waals surface area contributed by atoms with Crippen molar-refractivity contribution < 1.29 is 9.21 Å². The summed E-state index contributed by atoms with van der Waals surface area (Å²) < 4.78 is 5.74. The van der Waals surface area contributed by atoms with Gasteiger partial charge in [-0.1, -0.05) is 46.9 Å². The van der Waals surface area contributed by atoms with Crippen molar-refractivity contribution in [1.29, 1.82) is 5.26 Å². The molecule has 0 saturated carbocycles. The normalized spacial score (nSPS) is 11.3. The van der Waals surface area contributed by atoms with Crippen LogP contribution in [0, 0.1) is 11.3 Å². The number of aromatic nitrogens is 1. The maximum Gasteiger partial charge on any atom is 0.268 e. The molecule has 0 spiro atoms. The van der Waals surface area contributed by atoms with Gasteiger partial charge < -0.3 is 4.42 Å². The van der Waals surface area contributed by atoms with E-state index in [1.807, 2.05) is 30.3 Å². The third-order valence-corrected chi connectivity index (χ3v) is 6.23. The summed E-state index contributed by atoms with van der Waals surface area (Å²) in [5, 5.41) is 14.2. The number of nitriles is 1. The van der Waals surface area contributed by atoms with Crippen LogP contribution in [0.1, 0.15) is 16.2 Å². The van der Waals surface area contributed by atoms with Crippen molar-refractivity contribution >= 4 is 63.3 Å². The molecule has 5 nitrogen and oxygen atoms in total. The molecule has 164 valence electrons. The maximum atomic E-state index is 12.6. The fourth-order valence-electron chi connectivity index (χ4n) is 3.01. The lowest BCUT2D eigenvalue weighted by molar-refractivity contribution is -0.112.